The number of hydrogen-bond acceptors (Lipinski definition) is 4. The molecule has 0 aliphatic rings. The summed E-state index contributed by atoms with van der Waals surface area (Å²) in [5, 5.41) is 3.58. The monoisotopic (exact) mass is 359 g/mol. The lowest BCUT2D eigenvalue weighted by atomic mass is 10.2. The average Bonchev–Trinajstić information content (AvgIpc) is 3.10. The number of rotatable bonds is 3. The molecular weight excluding hydrogens is 347 g/mol. The molecule has 3 aromatic heterocycles. The van der Waals surface area contributed by atoms with E-state index < -0.39 is 22.5 Å². The van der Waals surface area contributed by atoms with Crippen LogP contribution >= 0.6 is 11.3 Å². The van der Waals surface area contributed by atoms with Crippen LogP contribution in [0.1, 0.15) is 12.5 Å². The summed E-state index contributed by atoms with van der Waals surface area (Å²) in [4.78, 5) is 8.80. The third-order valence-corrected chi connectivity index (χ3v) is 5.66. The third-order valence-electron chi connectivity index (χ3n) is 3.41. The molecule has 23 heavy (non-hydrogen) atoms. The van der Waals surface area contributed by atoms with Crippen molar-refractivity contribution < 1.29 is 17.4 Å². The molecule has 1 atom stereocenters. The van der Waals surface area contributed by atoms with Gasteiger partial charge in [0, 0.05) is 35.3 Å². The van der Waals surface area contributed by atoms with Crippen molar-refractivity contribution in [3.05, 3.63) is 28.6 Å². The van der Waals surface area contributed by atoms with Crippen molar-refractivity contribution in [3.8, 4) is 11.4 Å². The number of fused-ring (bicyclic) bond motifs is 1. The van der Waals surface area contributed by atoms with Crippen LogP contribution in [0.5, 0.6) is 0 Å². The topological polar surface area (TPSA) is 47.8 Å². The largest absolute Gasteiger partial charge is 0.417 e. The maximum absolute atomic E-state index is 12.8. The zero-order valence-corrected chi connectivity index (χ0v) is 13.8. The quantitative estimate of drug-likeness (QED) is 0.714. The Kier molecular flexibility index (Phi) is 4.01. The number of alkyl halides is 3. The Morgan fingerprint density at radius 2 is 2.09 bits per heavy atom. The predicted octanol–water partition coefficient (Wildman–Crippen LogP) is 3.84. The molecule has 3 aromatic rings. The zero-order chi connectivity index (χ0) is 16.8. The van der Waals surface area contributed by atoms with Crippen molar-refractivity contribution in [1.29, 1.82) is 0 Å². The molecule has 1 unspecified atom stereocenters. The lowest BCUT2D eigenvalue weighted by molar-refractivity contribution is -0.137. The highest BCUT2D eigenvalue weighted by atomic mass is 32.2. The van der Waals surface area contributed by atoms with Gasteiger partial charge in [0.1, 0.15) is 11.3 Å². The van der Waals surface area contributed by atoms with E-state index in [2.05, 4.69) is 9.97 Å². The fourth-order valence-corrected chi connectivity index (χ4v) is 4.32. The van der Waals surface area contributed by atoms with E-state index in [9.17, 15) is 17.4 Å². The number of nitrogens with zero attached hydrogens (tertiary/aromatic N) is 3. The summed E-state index contributed by atoms with van der Waals surface area (Å²) in [6.07, 6.45) is -3.66. The minimum Gasteiger partial charge on any atom is -0.312 e. The van der Waals surface area contributed by atoms with Crippen molar-refractivity contribution in [2.75, 3.05) is 5.75 Å². The summed E-state index contributed by atoms with van der Waals surface area (Å²) >= 11 is 1.38. The second-order valence-corrected chi connectivity index (χ2v) is 7.29. The molecule has 0 saturated carbocycles. The fraction of sp³-hybridized carbons (Fsp3) is 0.286. The van der Waals surface area contributed by atoms with Gasteiger partial charge >= 0.3 is 6.18 Å². The number of hydrogen-bond donors (Lipinski definition) is 0. The maximum atomic E-state index is 12.8. The van der Waals surface area contributed by atoms with E-state index >= 15 is 0 Å². The van der Waals surface area contributed by atoms with Gasteiger partial charge in [-0.05, 0) is 6.07 Å². The molecule has 0 saturated heterocycles. The van der Waals surface area contributed by atoms with E-state index in [1.807, 2.05) is 6.92 Å². The maximum Gasteiger partial charge on any atom is 0.417 e. The zero-order valence-electron chi connectivity index (χ0n) is 12.2. The molecule has 122 valence electrons. The van der Waals surface area contributed by atoms with Crippen LogP contribution in [0.3, 0.4) is 0 Å². The van der Waals surface area contributed by atoms with Gasteiger partial charge in [0.05, 0.1) is 21.3 Å². The summed E-state index contributed by atoms with van der Waals surface area (Å²) in [5.41, 5.74) is 0.353. The van der Waals surface area contributed by atoms with Gasteiger partial charge < -0.3 is 4.57 Å². The summed E-state index contributed by atoms with van der Waals surface area (Å²) < 4.78 is 52.1. The molecule has 0 fully saturated rings. The summed E-state index contributed by atoms with van der Waals surface area (Å²) in [5.74, 6) is 0.925. The Morgan fingerprint density at radius 3 is 2.74 bits per heavy atom. The highest BCUT2D eigenvalue weighted by Gasteiger charge is 2.32. The van der Waals surface area contributed by atoms with Gasteiger partial charge in [-0.1, -0.05) is 6.92 Å². The fourth-order valence-electron chi connectivity index (χ4n) is 2.25. The molecule has 0 aromatic carbocycles. The van der Waals surface area contributed by atoms with E-state index in [0.29, 0.717) is 27.7 Å². The van der Waals surface area contributed by atoms with Crippen LogP contribution in [0, 0.1) is 0 Å². The third kappa shape index (κ3) is 2.78. The van der Waals surface area contributed by atoms with Gasteiger partial charge in [-0.25, -0.2) is 9.97 Å². The van der Waals surface area contributed by atoms with Gasteiger partial charge in [-0.2, -0.15) is 24.5 Å². The molecular formula is C14H12F3N3OS2. The number of imidazole rings is 1. The van der Waals surface area contributed by atoms with E-state index in [4.69, 9.17) is 0 Å². The van der Waals surface area contributed by atoms with Crippen molar-refractivity contribution >= 4 is 33.3 Å². The summed E-state index contributed by atoms with van der Waals surface area (Å²) in [7, 11) is 0.519. The van der Waals surface area contributed by atoms with Crippen LogP contribution in [0.15, 0.2) is 27.9 Å². The molecule has 3 heterocycles. The minimum absolute atomic E-state index is 0.164. The van der Waals surface area contributed by atoms with Gasteiger partial charge in [0.2, 0.25) is 0 Å². The minimum atomic E-state index is -4.46. The van der Waals surface area contributed by atoms with Crippen molar-refractivity contribution in [3.63, 3.8) is 0 Å². The molecule has 9 heteroatoms. The Hall–Kier alpha value is -1.74. The molecule has 4 nitrogen and oxygen atoms in total. The lowest BCUT2D eigenvalue weighted by Crippen LogP contribution is -2.05. The molecule has 0 aliphatic heterocycles. The number of aromatic nitrogens is 3. The van der Waals surface area contributed by atoms with Crippen molar-refractivity contribution in [2.24, 2.45) is 7.05 Å². The molecule has 0 aliphatic carbocycles. The van der Waals surface area contributed by atoms with E-state index in [1.165, 1.54) is 11.3 Å². The molecule has 0 amide bonds. The van der Waals surface area contributed by atoms with E-state index in [0.717, 1.165) is 12.3 Å². The van der Waals surface area contributed by atoms with Crippen molar-refractivity contribution in [1.82, 2.24) is 14.5 Å². The molecule has 0 spiro atoms. The second kappa shape index (κ2) is 5.72. The summed E-state index contributed by atoms with van der Waals surface area (Å²) in [6, 6.07) is 0.981. The standard InChI is InChI=1S/C14H12F3N3OS2/c1-3-23(21)11-7-22-6-9(11)12-19-10-4-8(14(15,16)17)5-18-13(10)20(12)2/h4-7H,3H2,1-2H3. The van der Waals surface area contributed by atoms with Crippen LogP contribution in [0.4, 0.5) is 13.2 Å². The highest BCUT2D eigenvalue weighted by molar-refractivity contribution is 7.85. The number of pyridine rings is 1. The average molecular weight is 359 g/mol. The van der Waals surface area contributed by atoms with Gasteiger partial charge in [-0.3, -0.25) is 4.21 Å². The van der Waals surface area contributed by atoms with Crippen LogP contribution in [-0.2, 0) is 24.0 Å². The van der Waals surface area contributed by atoms with Crippen LogP contribution in [0.2, 0.25) is 0 Å². The van der Waals surface area contributed by atoms with E-state index in [-0.39, 0.29) is 5.52 Å². The first-order valence-electron chi connectivity index (χ1n) is 6.67. The number of aryl methyl sites for hydroxylation is 1. The molecule has 3 rings (SSSR count). The SMILES string of the molecule is CCS(=O)c1cscc1-c1nc2cc(C(F)(F)F)cnc2n1C. The number of halogens is 3. The Labute approximate surface area is 136 Å². The summed E-state index contributed by atoms with van der Waals surface area (Å²) in [6.45, 7) is 1.81. The predicted molar refractivity (Wildman–Crippen MR) is 83.8 cm³/mol. The first-order chi connectivity index (χ1) is 10.8. The Morgan fingerprint density at radius 1 is 1.35 bits per heavy atom. The Bertz CT molecular complexity index is 898. The van der Waals surface area contributed by atoms with Gasteiger partial charge in [-0.15, -0.1) is 0 Å². The molecule has 0 N–H and O–H groups in total. The molecule has 0 bridgehead atoms. The van der Waals surface area contributed by atoms with Gasteiger partial charge in [0.25, 0.3) is 0 Å². The highest BCUT2D eigenvalue weighted by Crippen LogP contribution is 2.33. The van der Waals surface area contributed by atoms with Crippen molar-refractivity contribution in [2.45, 2.75) is 18.0 Å². The Balaban J connectivity index is 2.18. The van der Waals surface area contributed by atoms with Gasteiger partial charge in [0.15, 0.2) is 5.65 Å². The first-order valence-corrected chi connectivity index (χ1v) is 8.93. The lowest BCUT2D eigenvalue weighted by Gasteiger charge is -2.05. The van der Waals surface area contributed by atoms with Crippen LogP contribution in [0.25, 0.3) is 22.6 Å². The van der Waals surface area contributed by atoms with E-state index in [1.54, 1.807) is 22.4 Å². The normalized spacial score (nSPS) is 13.6. The molecule has 0 radical (unpaired) electrons. The smallest absolute Gasteiger partial charge is 0.312 e. The second-order valence-electron chi connectivity index (χ2n) is 4.84. The first kappa shape index (κ1) is 16.1. The van der Waals surface area contributed by atoms with Crippen LogP contribution < -0.4 is 0 Å². The van der Waals surface area contributed by atoms with Crippen LogP contribution in [-0.4, -0.2) is 24.5 Å². The number of thiophene rings is 1.